The number of ether oxygens (including phenoxy) is 3. The van der Waals surface area contributed by atoms with E-state index in [4.69, 9.17) is 23.3 Å². The van der Waals surface area contributed by atoms with E-state index < -0.39 is 6.80 Å². The summed E-state index contributed by atoms with van der Waals surface area (Å²) in [5, 5.41) is 0. The molecule has 0 N–H and O–H groups in total. The average molecular weight is 348 g/mol. The molecule has 8 heteroatoms. The lowest BCUT2D eigenvalue weighted by Crippen LogP contribution is -2.14. The highest BCUT2D eigenvalue weighted by Gasteiger charge is 2.26. The molecule has 1 aromatic rings. The molecule has 0 atom stereocenters. The molecule has 1 aromatic carbocycles. The van der Waals surface area contributed by atoms with Crippen molar-refractivity contribution in [2.75, 3.05) is 52.9 Å². The summed E-state index contributed by atoms with van der Waals surface area (Å²) >= 11 is 1.10. The molecule has 0 saturated carbocycles. The highest BCUT2D eigenvalue weighted by atomic mass is 32.7. The fraction of sp³-hybridized carbons (Fsp3) is 0.571. The second-order valence-electron chi connectivity index (χ2n) is 4.36. The first-order valence-corrected chi connectivity index (χ1v) is 10.1. The summed E-state index contributed by atoms with van der Waals surface area (Å²) < 4.78 is 39.7. The molecule has 0 amide bonds. The van der Waals surface area contributed by atoms with Gasteiger partial charge in [0.2, 0.25) is 0 Å². The Balaban J connectivity index is 1.90. The van der Waals surface area contributed by atoms with Crippen molar-refractivity contribution in [2.45, 2.75) is 4.90 Å². The lowest BCUT2D eigenvalue weighted by molar-refractivity contribution is -0.00147. The van der Waals surface area contributed by atoms with Crippen molar-refractivity contribution in [2.24, 2.45) is 0 Å². The molecule has 0 aliphatic carbocycles. The van der Waals surface area contributed by atoms with Crippen LogP contribution >= 0.6 is 18.2 Å². The molecular formula is C14H21O6PS. The maximum atomic E-state index is 12.8. The van der Waals surface area contributed by atoms with Crippen molar-refractivity contribution in [3.8, 4) is 0 Å². The molecule has 0 unspecified atom stereocenters. The smallest absolute Gasteiger partial charge is 0.377 e. The molecule has 1 heterocycles. The van der Waals surface area contributed by atoms with E-state index in [1.807, 2.05) is 30.3 Å². The number of benzene rings is 1. The standard InChI is InChI=1S/C14H21O6PS/c15-21(22-14-4-2-1-3-5-14)19-12-10-17-8-6-16-7-9-18-11-13-20-21/h1-5H,6-13H2. The van der Waals surface area contributed by atoms with E-state index in [1.165, 1.54) is 0 Å². The Labute approximate surface area is 134 Å². The van der Waals surface area contributed by atoms with E-state index in [0.29, 0.717) is 39.6 Å². The van der Waals surface area contributed by atoms with E-state index in [-0.39, 0.29) is 13.2 Å². The van der Waals surface area contributed by atoms with Crippen LogP contribution in [0.1, 0.15) is 0 Å². The molecule has 0 bridgehead atoms. The monoisotopic (exact) mass is 348 g/mol. The van der Waals surface area contributed by atoms with Crippen LogP contribution in [-0.2, 0) is 27.8 Å². The van der Waals surface area contributed by atoms with Crippen molar-refractivity contribution in [3.63, 3.8) is 0 Å². The van der Waals surface area contributed by atoms with E-state index in [2.05, 4.69) is 0 Å². The maximum absolute atomic E-state index is 12.8. The molecule has 2 rings (SSSR count). The number of hydrogen-bond acceptors (Lipinski definition) is 7. The van der Waals surface area contributed by atoms with Gasteiger partial charge in [0.1, 0.15) is 0 Å². The Morgan fingerprint density at radius 2 is 1.18 bits per heavy atom. The minimum Gasteiger partial charge on any atom is -0.377 e. The predicted molar refractivity (Wildman–Crippen MR) is 84.3 cm³/mol. The van der Waals surface area contributed by atoms with Gasteiger partial charge in [-0.2, -0.15) is 0 Å². The third kappa shape index (κ3) is 7.24. The summed E-state index contributed by atoms with van der Waals surface area (Å²) in [6.45, 7) is -0.209. The first-order valence-electron chi connectivity index (χ1n) is 7.15. The van der Waals surface area contributed by atoms with Crippen LogP contribution in [0.4, 0.5) is 0 Å². The van der Waals surface area contributed by atoms with E-state index >= 15 is 0 Å². The molecule has 0 aromatic heterocycles. The van der Waals surface area contributed by atoms with Crippen molar-refractivity contribution in [1.82, 2.24) is 0 Å². The fourth-order valence-corrected chi connectivity index (χ4v) is 4.87. The van der Waals surface area contributed by atoms with E-state index in [0.717, 1.165) is 16.3 Å². The van der Waals surface area contributed by atoms with Crippen LogP contribution in [-0.4, -0.2) is 52.9 Å². The Hall–Kier alpha value is -0.400. The van der Waals surface area contributed by atoms with Gasteiger partial charge in [-0.05, 0) is 23.5 Å². The summed E-state index contributed by atoms with van der Waals surface area (Å²) in [7, 11) is 0. The molecule has 1 saturated heterocycles. The minimum absolute atomic E-state index is 0.206. The molecule has 124 valence electrons. The molecule has 6 nitrogen and oxygen atoms in total. The summed E-state index contributed by atoms with van der Waals surface area (Å²) in [4.78, 5) is 0.835. The van der Waals surface area contributed by atoms with Gasteiger partial charge in [-0.1, -0.05) is 18.2 Å². The Bertz CT molecular complexity index is 440. The van der Waals surface area contributed by atoms with Crippen LogP contribution < -0.4 is 0 Å². The molecule has 0 radical (unpaired) electrons. The summed E-state index contributed by atoms with van der Waals surface area (Å²) in [6.07, 6.45) is 0. The lowest BCUT2D eigenvalue weighted by atomic mass is 10.4. The molecule has 22 heavy (non-hydrogen) atoms. The van der Waals surface area contributed by atoms with Gasteiger partial charge in [-0.3, -0.25) is 9.05 Å². The summed E-state index contributed by atoms with van der Waals surface area (Å²) in [6, 6.07) is 9.40. The van der Waals surface area contributed by atoms with Crippen molar-refractivity contribution < 1.29 is 27.8 Å². The van der Waals surface area contributed by atoms with E-state index in [9.17, 15) is 4.57 Å². The SMILES string of the molecule is O=P1(Sc2ccccc2)OCCOCCOCCOCCO1. The first-order chi connectivity index (χ1) is 10.8. The predicted octanol–water partition coefficient (Wildman–Crippen LogP) is 2.98. The Morgan fingerprint density at radius 3 is 1.68 bits per heavy atom. The third-order valence-electron chi connectivity index (χ3n) is 2.66. The zero-order valence-corrected chi connectivity index (χ0v) is 14.1. The van der Waals surface area contributed by atoms with Crippen molar-refractivity contribution in [1.29, 1.82) is 0 Å². The van der Waals surface area contributed by atoms with Crippen LogP contribution in [0.25, 0.3) is 0 Å². The highest BCUT2D eigenvalue weighted by molar-refractivity contribution is 8.55. The van der Waals surface area contributed by atoms with Crippen LogP contribution in [0.2, 0.25) is 0 Å². The second-order valence-corrected chi connectivity index (χ2v) is 8.31. The molecule has 1 aliphatic rings. The largest absolute Gasteiger partial charge is 0.394 e. The lowest BCUT2D eigenvalue weighted by Gasteiger charge is -2.18. The van der Waals surface area contributed by atoms with Crippen LogP contribution in [0.15, 0.2) is 35.2 Å². The molecule has 0 spiro atoms. The first kappa shape index (κ1) is 17.9. The third-order valence-corrected chi connectivity index (χ3v) is 6.30. The van der Waals surface area contributed by atoms with Crippen molar-refractivity contribution in [3.05, 3.63) is 30.3 Å². The maximum Gasteiger partial charge on any atom is 0.394 e. The normalized spacial score (nSPS) is 21.8. The van der Waals surface area contributed by atoms with Crippen LogP contribution in [0.5, 0.6) is 0 Å². The van der Waals surface area contributed by atoms with Gasteiger partial charge in [0, 0.05) is 4.90 Å². The topological polar surface area (TPSA) is 63.2 Å². The number of hydrogen-bond donors (Lipinski definition) is 0. The van der Waals surface area contributed by atoms with Gasteiger partial charge in [0.25, 0.3) is 0 Å². The van der Waals surface area contributed by atoms with Gasteiger partial charge in [0.05, 0.1) is 52.9 Å². The average Bonchev–Trinajstić information content (AvgIpc) is 2.52. The van der Waals surface area contributed by atoms with E-state index in [1.54, 1.807) is 0 Å². The zero-order chi connectivity index (χ0) is 15.5. The zero-order valence-electron chi connectivity index (χ0n) is 12.3. The summed E-state index contributed by atoms with van der Waals surface area (Å²) in [5.41, 5.74) is 0. The Morgan fingerprint density at radius 1 is 0.727 bits per heavy atom. The molecule has 1 aliphatic heterocycles. The van der Waals surface area contributed by atoms with Crippen molar-refractivity contribution >= 4 is 18.2 Å². The van der Waals surface area contributed by atoms with Gasteiger partial charge in [-0.25, -0.2) is 4.57 Å². The molecular weight excluding hydrogens is 327 g/mol. The van der Waals surface area contributed by atoms with Gasteiger partial charge < -0.3 is 14.2 Å². The Kier molecular flexibility index (Phi) is 8.47. The molecule has 1 fully saturated rings. The van der Waals surface area contributed by atoms with Gasteiger partial charge in [-0.15, -0.1) is 0 Å². The minimum atomic E-state index is -3.29. The fourth-order valence-electron chi connectivity index (χ4n) is 1.66. The summed E-state index contributed by atoms with van der Waals surface area (Å²) in [5.74, 6) is 0. The van der Waals surface area contributed by atoms with Gasteiger partial charge >= 0.3 is 6.80 Å². The quantitative estimate of drug-likeness (QED) is 0.761. The van der Waals surface area contributed by atoms with Crippen LogP contribution in [0.3, 0.4) is 0 Å². The van der Waals surface area contributed by atoms with Gasteiger partial charge in [0.15, 0.2) is 0 Å². The van der Waals surface area contributed by atoms with Crippen LogP contribution in [0, 0.1) is 0 Å². The highest BCUT2D eigenvalue weighted by Crippen LogP contribution is 2.63. The number of rotatable bonds is 2. The second kappa shape index (κ2) is 10.4.